The summed E-state index contributed by atoms with van der Waals surface area (Å²) in [6.45, 7) is 9.97. The third kappa shape index (κ3) is 13.7. The summed E-state index contributed by atoms with van der Waals surface area (Å²) in [6.07, 6.45) is 14.6. The number of halogens is 1. The number of pyridine rings is 1. The summed E-state index contributed by atoms with van der Waals surface area (Å²) >= 11 is 6.69. The summed E-state index contributed by atoms with van der Waals surface area (Å²) in [6, 6.07) is 23.7. The number of hydrogen-bond donors (Lipinski definition) is 3. The molecule has 3 aromatic carbocycles. The van der Waals surface area contributed by atoms with Gasteiger partial charge in [-0.15, -0.1) is 0 Å². The number of hydrogen-bond acceptors (Lipinski definition) is 12. The first-order valence-corrected chi connectivity index (χ1v) is 24.8. The Kier molecular flexibility index (Phi) is 18.7. The minimum atomic E-state index is -0.280. The van der Waals surface area contributed by atoms with E-state index in [1.54, 1.807) is 54.5 Å². The van der Waals surface area contributed by atoms with Crippen molar-refractivity contribution in [2.75, 3.05) is 63.1 Å². The molecule has 1 aliphatic rings. The van der Waals surface area contributed by atoms with Crippen LogP contribution in [0.5, 0.6) is 17.2 Å². The monoisotopic (exact) mass is 969 g/mol. The van der Waals surface area contributed by atoms with Gasteiger partial charge in [0.15, 0.2) is 12.1 Å². The maximum Gasteiger partial charge on any atom is 0.254 e. The van der Waals surface area contributed by atoms with Crippen molar-refractivity contribution in [3.05, 3.63) is 130 Å². The average Bonchev–Trinajstić information content (AvgIpc) is 3.83. The van der Waals surface area contributed by atoms with Crippen molar-refractivity contribution in [1.29, 1.82) is 0 Å². The first-order valence-electron chi connectivity index (χ1n) is 24.4. The highest BCUT2D eigenvalue weighted by atomic mass is 35.5. The Morgan fingerprint density at radius 2 is 1.66 bits per heavy atom. The SMILES string of the molecule is CCCC(C)N(C)C(=O)c1cc(OCCCCCCN2CCN(c3ccc(CC(CCCNC=O)Nc4ncnc5[nH]cc(C(=O)c6ccc(Oc7ccccc7)cc6Cl)c45)cn3)CC2)ccc1C=O. The Hall–Kier alpha value is -6.84. The molecule has 368 valence electrons. The number of amides is 2. The van der Waals surface area contributed by atoms with E-state index in [4.69, 9.17) is 26.1 Å². The van der Waals surface area contributed by atoms with Crippen LogP contribution in [0.15, 0.2) is 97.6 Å². The smallest absolute Gasteiger partial charge is 0.254 e. The molecule has 0 aliphatic carbocycles. The number of fused-ring (bicyclic) bond motifs is 1. The van der Waals surface area contributed by atoms with Crippen LogP contribution >= 0.6 is 11.6 Å². The molecular weight excluding hydrogens is 906 g/mol. The number of ketones is 1. The van der Waals surface area contributed by atoms with E-state index in [2.05, 4.69) is 54.4 Å². The fraction of sp³-hybridized carbons (Fsp3) is 0.389. The van der Waals surface area contributed by atoms with E-state index in [-0.39, 0.29) is 28.8 Å². The number of unbranched alkanes of at least 4 members (excludes halogenated alkanes) is 3. The zero-order valence-electron chi connectivity index (χ0n) is 40.4. The highest BCUT2D eigenvalue weighted by Crippen LogP contribution is 2.32. The Morgan fingerprint density at radius 3 is 2.40 bits per heavy atom. The predicted molar refractivity (Wildman–Crippen MR) is 275 cm³/mol. The molecule has 2 amide bonds. The Labute approximate surface area is 415 Å². The van der Waals surface area contributed by atoms with Gasteiger partial charge in [-0.25, -0.2) is 15.0 Å². The average molecular weight is 971 g/mol. The first kappa shape index (κ1) is 51.0. The molecule has 2 unspecified atom stereocenters. The van der Waals surface area contributed by atoms with Crippen LogP contribution in [0.25, 0.3) is 11.0 Å². The maximum absolute atomic E-state index is 14.1. The summed E-state index contributed by atoms with van der Waals surface area (Å²) in [5, 5.41) is 7.19. The van der Waals surface area contributed by atoms with Gasteiger partial charge in [-0.2, -0.15) is 0 Å². The Morgan fingerprint density at radius 1 is 0.857 bits per heavy atom. The summed E-state index contributed by atoms with van der Waals surface area (Å²) in [4.78, 5) is 73.6. The summed E-state index contributed by atoms with van der Waals surface area (Å²) in [5.41, 5.74) is 3.03. The lowest BCUT2D eigenvalue weighted by atomic mass is 10.0. The molecule has 70 heavy (non-hydrogen) atoms. The van der Waals surface area contributed by atoms with E-state index in [0.717, 1.165) is 95.3 Å². The summed E-state index contributed by atoms with van der Waals surface area (Å²) in [7, 11) is 1.79. The number of rotatable bonds is 27. The number of ether oxygens (including phenoxy) is 2. The molecule has 0 bridgehead atoms. The largest absolute Gasteiger partial charge is 0.494 e. The van der Waals surface area contributed by atoms with Crippen LogP contribution in [-0.4, -0.2) is 119 Å². The minimum absolute atomic E-state index is 0.0820. The zero-order valence-corrected chi connectivity index (χ0v) is 41.1. The van der Waals surface area contributed by atoms with Crippen LogP contribution in [-0.2, 0) is 11.2 Å². The normalized spacial score (nSPS) is 13.6. The van der Waals surface area contributed by atoms with E-state index in [1.165, 1.54) is 6.33 Å². The third-order valence-electron chi connectivity index (χ3n) is 12.9. The van der Waals surface area contributed by atoms with Crippen molar-refractivity contribution in [2.24, 2.45) is 0 Å². The second-order valence-electron chi connectivity index (χ2n) is 17.8. The molecule has 0 saturated carbocycles. The fourth-order valence-corrected chi connectivity index (χ4v) is 9.05. The van der Waals surface area contributed by atoms with Gasteiger partial charge in [0.2, 0.25) is 6.41 Å². The van der Waals surface area contributed by atoms with E-state index in [0.29, 0.717) is 88.8 Å². The third-order valence-corrected chi connectivity index (χ3v) is 13.2. The van der Waals surface area contributed by atoms with Crippen LogP contribution in [0.4, 0.5) is 11.6 Å². The number of anilines is 2. The molecule has 15 nitrogen and oxygen atoms in total. The molecule has 3 aromatic heterocycles. The molecule has 1 fully saturated rings. The molecule has 16 heteroatoms. The van der Waals surface area contributed by atoms with Crippen molar-refractivity contribution >= 4 is 58.7 Å². The lowest BCUT2D eigenvalue weighted by Gasteiger charge is -2.35. The molecular formula is C54H64ClN9O6. The van der Waals surface area contributed by atoms with Gasteiger partial charge in [0, 0.05) is 81.4 Å². The van der Waals surface area contributed by atoms with Gasteiger partial charge in [0.25, 0.3) is 5.91 Å². The number of aldehydes is 1. The number of carbonyl (C=O) groups excluding carboxylic acids is 4. The van der Waals surface area contributed by atoms with Crippen LogP contribution < -0.4 is 25.0 Å². The molecule has 1 saturated heterocycles. The topological polar surface area (TPSA) is 175 Å². The van der Waals surface area contributed by atoms with Gasteiger partial charge in [-0.3, -0.25) is 24.1 Å². The fourth-order valence-electron chi connectivity index (χ4n) is 8.80. The number of para-hydroxylation sites is 1. The Bertz CT molecular complexity index is 2660. The van der Waals surface area contributed by atoms with Crippen LogP contribution in [0.3, 0.4) is 0 Å². The lowest BCUT2D eigenvalue weighted by molar-refractivity contribution is -0.109. The van der Waals surface area contributed by atoms with E-state index in [1.807, 2.05) is 43.5 Å². The van der Waals surface area contributed by atoms with Gasteiger partial charge >= 0.3 is 0 Å². The Balaban J connectivity index is 0.878. The summed E-state index contributed by atoms with van der Waals surface area (Å²) < 4.78 is 11.9. The second-order valence-corrected chi connectivity index (χ2v) is 18.2. The number of aromatic amines is 1. The number of carbonyl (C=O) groups is 4. The molecule has 2 atom stereocenters. The highest BCUT2D eigenvalue weighted by molar-refractivity contribution is 6.35. The quantitative estimate of drug-likeness (QED) is 0.0254. The first-order chi connectivity index (χ1) is 34.1. The van der Waals surface area contributed by atoms with Crippen molar-refractivity contribution in [1.82, 2.24) is 35.1 Å². The van der Waals surface area contributed by atoms with E-state index in [9.17, 15) is 19.2 Å². The van der Waals surface area contributed by atoms with Gasteiger partial charge in [0.1, 0.15) is 40.9 Å². The van der Waals surface area contributed by atoms with E-state index < -0.39 is 0 Å². The van der Waals surface area contributed by atoms with Gasteiger partial charge in [0.05, 0.1) is 28.1 Å². The lowest BCUT2D eigenvalue weighted by Crippen LogP contribution is -2.46. The maximum atomic E-state index is 14.1. The van der Waals surface area contributed by atoms with Crippen molar-refractivity contribution in [2.45, 2.75) is 83.7 Å². The molecule has 1 aliphatic heterocycles. The molecule has 3 N–H and O–H groups in total. The standard InChI is InChI=1S/C54H64ClN9O6/c1-4-13-38(2)62(3)54(68)46-31-43(19-18-40(46)35-65)69-29-11-6-5-10-24-63-25-27-64(28-26-63)49-22-17-39(33-57-49)30-41(14-12-23-56-37-66)61-53-50-47(34-58-52(50)59-36-60-53)51(67)45-21-20-44(32-48(45)55)70-42-15-8-7-9-16-42/h7-9,15-22,31-38,41H,4-6,10-14,23-30H2,1-3H3,(H,56,66)(H2,58,59,60,61). The van der Waals surface area contributed by atoms with Crippen LogP contribution in [0.1, 0.15) is 107 Å². The molecule has 0 spiro atoms. The van der Waals surface area contributed by atoms with Gasteiger partial charge in [-0.05, 0) is 106 Å². The van der Waals surface area contributed by atoms with E-state index >= 15 is 0 Å². The van der Waals surface area contributed by atoms with Crippen LogP contribution in [0.2, 0.25) is 5.02 Å². The zero-order chi connectivity index (χ0) is 49.2. The van der Waals surface area contributed by atoms with Crippen molar-refractivity contribution in [3.63, 3.8) is 0 Å². The minimum Gasteiger partial charge on any atom is -0.494 e. The van der Waals surface area contributed by atoms with Crippen molar-refractivity contribution < 1.29 is 28.7 Å². The van der Waals surface area contributed by atoms with Gasteiger partial charge in [-0.1, -0.05) is 62.1 Å². The number of nitrogens with zero attached hydrogens (tertiary/aromatic N) is 6. The van der Waals surface area contributed by atoms with Crippen molar-refractivity contribution in [3.8, 4) is 17.2 Å². The predicted octanol–water partition coefficient (Wildman–Crippen LogP) is 9.41. The number of piperazine rings is 1. The molecule has 4 heterocycles. The molecule has 0 radical (unpaired) electrons. The van der Waals surface area contributed by atoms with Gasteiger partial charge < -0.3 is 34.9 Å². The number of H-pyrrole nitrogens is 1. The van der Waals surface area contributed by atoms with Crippen LogP contribution in [0, 0.1) is 0 Å². The highest BCUT2D eigenvalue weighted by Gasteiger charge is 2.24. The molecule has 7 rings (SSSR count). The number of aromatic nitrogens is 4. The number of benzene rings is 3. The molecule has 6 aromatic rings. The second kappa shape index (κ2) is 25.7. The number of nitrogens with one attached hydrogen (secondary N) is 3. The summed E-state index contributed by atoms with van der Waals surface area (Å²) in [5.74, 6) is 2.81.